The van der Waals surface area contributed by atoms with Crippen LogP contribution in [0.15, 0.2) is 35.3 Å². The second-order valence-corrected chi connectivity index (χ2v) is 15.6. The van der Waals surface area contributed by atoms with Gasteiger partial charge in [0, 0.05) is 40.3 Å². The number of ether oxygens (including phenoxy) is 5. The number of nitrogens with two attached hydrogens (primary N) is 3. The van der Waals surface area contributed by atoms with Gasteiger partial charge in [-0.1, -0.05) is 30.3 Å². The fraction of sp³-hybridized carbons (Fsp3) is 0.585. The van der Waals surface area contributed by atoms with Crippen LogP contribution in [0.4, 0.5) is 0 Å². The lowest BCUT2D eigenvalue weighted by Crippen LogP contribution is -2.62. The molecule has 0 bridgehead atoms. The summed E-state index contributed by atoms with van der Waals surface area (Å²) < 4.78 is 27.6. The van der Waals surface area contributed by atoms with E-state index in [1.807, 2.05) is 0 Å². The third kappa shape index (κ3) is 17.8. The SMILES string of the molecule is CC(=O)O[C@@H]1[C@@H](OC(C)=O)[C@@H](OC(C)=O)C(OC[C@H](N)C(=O)N2CCC[C@H]2C(=O)N[C@@H](CCCN=C(N)N)C(=O)NCC(=O)N[C@@H](CC(=O)O)C(=O)N[C@@H](Cc2ccccc2)C(=O)O)O[C@H]1C. The molecule has 2 fully saturated rings. The molecule has 0 saturated carbocycles. The second-order valence-electron chi connectivity index (χ2n) is 15.6. The molecular weight excluding hydrogens is 890 g/mol. The number of amides is 5. The molecule has 3 rings (SSSR count). The number of aliphatic imine (C=N–C) groups is 1. The monoisotopic (exact) mass is 949 g/mol. The molecule has 2 saturated heterocycles. The van der Waals surface area contributed by atoms with Crippen molar-refractivity contribution >= 4 is 65.3 Å². The zero-order valence-electron chi connectivity index (χ0n) is 37.4. The fourth-order valence-electron chi connectivity index (χ4n) is 7.17. The third-order valence-electron chi connectivity index (χ3n) is 10.2. The number of esters is 3. The molecule has 1 aromatic rings. The highest BCUT2D eigenvalue weighted by Crippen LogP contribution is 2.30. The second kappa shape index (κ2) is 26.3. The molecule has 0 aliphatic carbocycles. The Labute approximate surface area is 384 Å². The summed E-state index contributed by atoms with van der Waals surface area (Å²) in [5, 5.41) is 28.5. The minimum absolute atomic E-state index is 0.0345. The number of benzene rings is 1. The largest absolute Gasteiger partial charge is 0.481 e. The van der Waals surface area contributed by atoms with Crippen molar-refractivity contribution < 1.29 is 81.8 Å². The van der Waals surface area contributed by atoms with Gasteiger partial charge in [0.05, 0.1) is 25.7 Å². The van der Waals surface area contributed by atoms with Gasteiger partial charge in [-0.25, -0.2) is 4.79 Å². The normalized spacial score (nSPS) is 21.7. The number of hydrogen-bond donors (Lipinski definition) is 9. The van der Waals surface area contributed by atoms with Crippen molar-refractivity contribution in [2.45, 2.75) is 127 Å². The molecule has 10 atom stereocenters. The molecule has 2 heterocycles. The molecule has 12 N–H and O–H groups in total. The molecular formula is C41H59N9O17. The number of carboxylic acids is 2. The smallest absolute Gasteiger partial charge is 0.326 e. The molecule has 2 aliphatic rings. The highest BCUT2D eigenvalue weighted by Gasteiger charge is 2.51. The van der Waals surface area contributed by atoms with Gasteiger partial charge in [-0.15, -0.1) is 0 Å². The average Bonchev–Trinajstić information content (AvgIpc) is 3.74. The van der Waals surface area contributed by atoms with Gasteiger partial charge in [-0.2, -0.15) is 0 Å². The lowest BCUT2D eigenvalue weighted by molar-refractivity contribution is -0.301. The average molecular weight is 950 g/mol. The van der Waals surface area contributed by atoms with E-state index in [1.165, 1.54) is 11.8 Å². The molecule has 2 aliphatic heterocycles. The van der Waals surface area contributed by atoms with E-state index in [9.17, 15) is 58.2 Å². The molecule has 5 amide bonds. The van der Waals surface area contributed by atoms with Gasteiger partial charge in [0.1, 0.15) is 30.2 Å². The predicted octanol–water partition coefficient (Wildman–Crippen LogP) is -3.71. The molecule has 0 aromatic heterocycles. The molecule has 370 valence electrons. The van der Waals surface area contributed by atoms with Crippen molar-refractivity contribution in [1.82, 2.24) is 26.2 Å². The first-order valence-electron chi connectivity index (χ1n) is 21.1. The highest BCUT2D eigenvalue weighted by molar-refractivity contribution is 5.96. The molecule has 1 unspecified atom stereocenters. The van der Waals surface area contributed by atoms with Crippen molar-refractivity contribution in [3.63, 3.8) is 0 Å². The molecule has 1 aromatic carbocycles. The fourth-order valence-corrected chi connectivity index (χ4v) is 7.17. The summed E-state index contributed by atoms with van der Waals surface area (Å²) in [6, 6.07) is 1.14. The highest BCUT2D eigenvalue weighted by atomic mass is 16.7. The van der Waals surface area contributed by atoms with Crippen LogP contribution in [0.5, 0.6) is 0 Å². The van der Waals surface area contributed by atoms with Gasteiger partial charge in [0.15, 0.2) is 30.6 Å². The number of rotatable bonds is 24. The van der Waals surface area contributed by atoms with Crippen molar-refractivity contribution in [1.29, 1.82) is 0 Å². The Hall–Kier alpha value is -6.93. The van der Waals surface area contributed by atoms with Crippen molar-refractivity contribution in [3.8, 4) is 0 Å². The maximum atomic E-state index is 13.8. The van der Waals surface area contributed by atoms with Gasteiger partial charge >= 0.3 is 29.8 Å². The van der Waals surface area contributed by atoms with Gasteiger partial charge in [0.2, 0.25) is 29.5 Å². The Balaban J connectivity index is 1.69. The first-order chi connectivity index (χ1) is 31.6. The van der Waals surface area contributed by atoms with Crippen LogP contribution >= 0.6 is 0 Å². The summed E-state index contributed by atoms with van der Waals surface area (Å²) >= 11 is 0. The van der Waals surface area contributed by atoms with Crippen molar-refractivity contribution in [2.24, 2.45) is 22.2 Å². The van der Waals surface area contributed by atoms with Crippen LogP contribution in [0.25, 0.3) is 0 Å². The van der Waals surface area contributed by atoms with Crippen LogP contribution in [-0.4, -0.2) is 168 Å². The van der Waals surface area contributed by atoms with E-state index in [4.69, 9.17) is 40.9 Å². The topological polar surface area (TPSA) is 399 Å². The van der Waals surface area contributed by atoms with Crippen LogP contribution in [0.3, 0.4) is 0 Å². The van der Waals surface area contributed by atoms with Crippen LogP contribution in [0, 0.1) is 0 Å². The van der Waals surface area contributed by atoms with Crippen LogP contribution in [-0.2, 0) is 78.1 Å². The van der Waals surface area contributed by atoms with Gasteiger partial charge in [0.25, 0.3) is 0 Å². The standard InChI is InChI=1S/C41H59N9O17/c1-20-32(65-21(2)51)33(66-22(3)52)34(67-23(4)53)40(64-20)63-19-25(42)38(60)50-15-9-13-29(50)37(59)48-26(12-8-14-45-41(43)44)35(57)46-18-30(54)47-27(17-31(55)56)36(58)49-28(39(61)62)16-24-10-6-5-7-11-24/h5-7,10-11,20,25-29,32-34,40H,8-9,12-19,42H2,1-4H3,(H,46,57)(H,47,54)(H,48,59)(H,49,58)(H,55,56)(H,61,62)(H4,43,44,45)/t20-,25-,26-,27-,28-,29-,32-,33+,34+,40?/m0/s1. The Bertz CT molecular complexity index is 1980. The summed E-state index contributed by atoms with van der Waals surface area (Å²) in [6.45, 7) is 3.49. The van der Waals surface area contributed by atoms with E-state index in [-0.39, 0.29) is 44.7 Å². The number of carbonyl (C=O) groups is 10. The van der Waals surface area contributed by atoms with Crippen LogP contribution < -0.4 is 38.5 Å². The minimum Gasteiger partial charge on any atom is -0.481 e. The molecule has 0 radical (unpaired) electrons. The zero-order chi connectivity index (χ0) is 50.0. The number of carboxylic acid groups (broad SMARTS) is 2. The minimum atomic E-state index is -1.75. The van der Waals surface area contributed by atoms with Gasteiger partial charge in [-0.05, 0) is 38.2 Å². The molecule has 67 heavy (non-hydrogen) atoms. The number of nitrogens with zero attached hydrogens (tertiary/aromatic N) is 2. The third-order valence-corrected chi connectivity index (χ3v) is 10.2. The summed E-state index contributed by atoms with van der Waals surface area (Å²) in [5.74, 6) is -10.1. The predicted molar refractivity (Wildman–Crippen MR) is 228 cm³/mol. The Morgan fingerprint density at radius 2 is 1.46 bits per heavy atom. The van der Waals surface area contributed by atoms with E-state index < -0.39 is 140 Å². The van der Waals surface area contributed by atoms with Gasteiger partial charge in [-0.3, -0.25) is 48.1 Å². The number of guanidine groups is 1. The number of carbonyl (C=O) groups excluding carboxylic acids is 8. The maximum Gasteiger partial charge on any atom is 0.326 e. The van der Waals surface area contributed by atoms with Crippen LogP contribution in [0.1, 0.15) is 65.4 Å². The van der Waals surface area contributed by atoms with E-state index in [2.05, 4.69) is 26.3 Å². The number of hydrogen-bond acceptors (Lipinski definition) is 17. The zero-order valence-corrected chi connectivity index (χ0v) is 37.4. The van der Waals surface area contributed by atoms with Crippen LogP contribution in [0.2, 0.25) is 0 Å². The van der Waals surface area contributed by atoms with E-state index in [0.717, 1.165) is 20.8 Å². The van der Waals surface area contributed by atoms with E-state index in [0.29, 0.717) is 12.0 Å². The van der Waals surface area contributed by atoms with Gasteiger partial charge < -0.3 is 77.3 Å². The molecule has 26 nitrogen and oxygen atoms in total. The Kier molecular flexibility index (Phi) is 21.3. The maximum absolute atomic E-state index is 13.8. The van der Waals surface area contributed by atoms with Crippen molar-refractivity contribution in [3.05, 3.63) is 35.9 Å². The van der Waals surface area contributed by atoms with E-state index >= 15 is 0 Å². The lowest BCUT2D eigenvalue weighted by atomic mass is 9.99. The summed E-state index contributed by atoms with van der Waals surface area (Å²) in [7, 11) is 0. The summed E-state index contributed by atoms with van der Waals surface area (Å²) in [5.41, 5.74) is 17.6. The number of likely N-dealkylation sites (tertiary alicyclic amines) is 1. The quantitative estimate of drug-likeness (QED) is 0.0158. The first-order valence-corrected chi connectivity index (χ1v) is 21.1. The first kappa shape index (κ1) is 54.4. The van der Waals surface area contributed by atoms with E-state index in [1.54, 1.807) is 30.3 Å². The molecule has 0 spiro atoms. The summed E-state index contributed by atoms with van der Waals surface area (Å²) in [4.78, 5) is 132. The Morgan fingerprint density at radius 1 is 0.836 bits per heavy atom. The molecule has 26 heteroatoms. The lowest BCUT2D eigenvalue weighted by Gasteiger charge is -2.43. The van der Waals surface area contributed by atoms with Crippen molar-refractivity contribution in [2.75, 3.05) is 26.2 Å². The number of aliphatic carboxylic acids is 2. The summed E-state index contributed by atoms with van der Waals surface area (Å²) in [6.07, 6.45) is -7.01. The number of nitrogens with one attached hydrogen (secondary N) is 4. The Morgan fingerprint density at radius 3 is 2.06 bits per heavy atom.